The molecule has 0 aliphatic heterocycles. The van der Waals surface area contributed by atoms with Gasteiger partial charge in [-0.25, -0.2) is 13.1 Å². The quantitative estimate of drug-likeness (QED) is 0.454. The number of nitrogens with zero attached hydrogens (tertiary/aromatic N) is 1. The maximum absolute atomic E-state index is 12.8. The van der Waals surface area contributed by atoms with Gasteiger partial charge in [0.05, 0.1) is 22.9 Å². The number of nitrogens with one attached hydrogen (secondary N) is 2. The molecule has 0 bridgehead atoms. The van der Waals surface area contributed by atoms with E-state index >= 15 is 0 Å². The first-order valence-corrected chi connectivity index (χ1v) is 11.1. The molecular formula is C20H21F3N4O4S. The number of benzene rings is 2. The zero-order valence-electron chi connectivity index (χ0n) is 17.1. The number of hydrogen-bond donors (Lipinski definition) is 4. The smallest absolute Gasteiger partial charge is 0.417 e. The number of hydrogen-bond acceptors (Lipinski definition) is 6. The number of methoxy groups -OCH3 is 1. The van der Waals surface area contributed by atoms with E-state index < -0.39 is 40.7 Å². The topological polar surface area (TPSA) is 130 Å². The first kappa shape index (κ1) is 22.4. The Morgan fingerprint density at radius 3 is 2.50 bits per heavy atom. The number of sulfonamides is 1. The molecule has 0 amide bonds. The monoisotopic (exact) mass is 470 g/mol. The molecule has 172 valence electrons. The predicted molar refractivity (Wildman–Crippen MR) is 112 cm³/mol. The lowest BCUT2D eigenvalue weighted by atomic mass is 9.76. The summed E-state index contributed by atoms with van der Waals surface area (Å²) in [4.78, 5) is -0.0935. The van der Waals surface area contributed by atoms with Crippen LogP contribution in [-0.4, -0.2) is 48.7 Å². The predicted octanol–water partition coefficient (Wildman–Crippen LogP) is 2.86. The zero-order valence-corrected chi connectivity index (χ0v) is 17.9. The molecule has 0 radical (unpaired) electrons. The van der Waals surface area contributed by atoms with Crippen LogP contribution in [0.5, 0.6) is 5.75 Å². The van der Waals surface area contributed by atoms with E-state index in [1.165, 1.54) is 19.2 Å². The van der Waals surface area contributed by atoms with Crippen molar-refractivity contribution in [1.29, 1.82) is 0 Å². The summed E-state index contributed by atoms with van der Waals surface area (Å²) >= 11 is 0. The molecule has 32 heavy (non-hydrogen) atoms. The Balaban J connectivity index is 1.62. The third kappa shape index (κ3) is 3.57. The Bertz CT molecular complexity index is 1300. The van der Waals surface area contributed by atoms with Crippen molar-refractivity contribution < 1.29 is 31.4 Å². The van der Waals surface area contributed by atoms with E-state index in [-0.39, 0.29) is 10.7 Å². The van der Waals surface area contributed by atoms with Crippen LogP contribution in [0.4, 0.5) is 19.0 Å². The van der Waals surface area contributed by atoms with E-state index in [1.54, 1.807) is 25.1 Å². The first-order valence-electron chi connectivity index (χ1n) is 9.59. The number of alkyl halides is 3. The standard InChI is InChI=1S/C20H21F3N4O4S/c1-10-7-12(32(29,30)27-11-8-19(28,9-11)20(21,22)23)3-4-13(10)14-5-6-15-16(17(14)31-2)18(24)26-25-15/h3-7,11,27-28H,8-9H2,1-2H3,(H3,24,25,26). The van der Waals surface area contributed by atoms with Crippen LogP contribution in [0.15, 0.2) is 35.2 Å². The fourth-order valence-electron chi connectivity index (χ4n) is 3.99. The molecule has 8 nitrogen and oxygen atoms in total. The van der Waals surface area contributed by atoms with Crippen LogP contribution in [0.2, 0.25) is 0 Å². The van der Waals surface area contributed by atoms with Gasteiger partial charge in [0.15, 0.2) is 11.4 Å². The van der Waals surface area contributed by atoms with Crippen molar-refractivity contribution in [1.82, 2.24) is 14.9 Å². The van der Waals surface area contributed by atoms with E-state index in [9.17, 15) is 26.7 Å². The number of anilines is 1. The van der Waals surface area contributed by atoms with Crippen LogP contribution in [0.3, 0.4) is 0 Å². The summed E-state index contributed by atoms with van der Waals surface area (Å²) in [7, 11) is -2.59. The second-order valence-electron chi connectivity index (χ2n) is 7.91. The molecule has 1 saturated carbocycles. The lowest BCUT2D eigenvalue weighted by Gasteiger charge is -2.44. The molecular weight excluding hydrogens is 449 g/mol. The highest BCUT2D eigenvalue weighted by molar-refractivity contribution is 7.89. The van der Waals surface area contributed by atoms with E-state index in [0.29, 0.717) is 33.3 Å². The van der Waals surface area contributed by atoms with Crippen molar-refractivity contribution in [3.8, 4) is 16.9 Å². The molecule has 1 aliphatic rings. The van der Waals surface area contributed by atoms with Gasteiger partial charge in [-0.3, -0.25) is 5.10 Å². The molecule has 1 fully saturated rings. The highest BCUT2D eigenvalue weighted by Gasteiger charge is 2.61. The number of aromatic nitrogens is 2. The first-order chi connectivity index (χ1) is 14.9. The third-order valence-corrected chi connectivity index (χ3v) is 7.25. The van der Waals surface area contributed by atoms with Crippen molar-refractivity contribution in [3.63, 3.8) is 0 Å². The number of halogens is 3. The van der Waals surface area contributed by atoms with Gasteiger partial charge in [0.25, 0.3) is 0 Å². The van der Waals surface area contributed by atoms with Crippen molar-refractivity contribution in [2.75, 3.05) is 12.8 Å². The minimum absolute atomic E-state index is 0.0935. The van der Waals surface area contributed by atoms with Gasteiger partial charge < -0.3 is 15.6 Å². The molecule has 1 aliphatic carbocycles. The van der Waals surface area contributed by atoms with Gasteiger partial charge in [0.1, 0.15) is 5.75 Å². The molecule has 0 unspecified atom stereocenters. The second-order valence-corrected chi connectivity index (χ2v) is 9.62. The van der Waals surface area contributed by atoms with Gasteiger partial charge in [-0.1, -0.05) is 6.07 Å². The number of fused-ring (bicyclic) bond motifs is 1. The molecule has 0 saturated heterocycles. The number of H-pyrrole nitrogens is 1. The SMILES string of the molecule is COc1c(-c2ccc(S(=O)(=O)NC3CC(O)(C(F)(F)F)C3)cc2C)ccc2[nH]nc(N)c12. The molecule has 3 aromatic rings. The number of nitrogen functional groups attached to an aromatic ring is 1. The van der Waals surface area contributed by atoms with E-state index in [0.717, 1.165) is 0 Å². The van der Waals surface area contributed by atoms with Crippen LogP contribution in [-0.2, 0) is 10.0 Å². The average Bonchev–Trinajstić information content (AvgIpc) is 3.06. The Labute approximate surface area is 181 Å². The number of nitrogens with two attached hydrogens (primary N) is 1. The fraction of sp³-hybridized carbons (Fsp3) is 0.350. The molecule has 0 spiro atoms. The minimum Gasteiger partial charge on any atom is -0.495 e. The number of rotatable bonds is 5. The molecule has 1 heterocycles. The molecule has 0 atom stereocenters. The van der Waals surface area contributed by atoms with Gasteiger partial charge in [-0.05, 0) is 42.3 Å². The van der Waals surface area contributed by atoms with E-state index in [1.807, 2.05) is 0 Å². The van der Waals surface area contributed by atoms with Crippen molar-refractivity contribution >= 4 is 26.7 Å². The van der Waals surface area contributed by atoms with Crippen molar-refractivity contribution in [2.24, 2.45) is 0 Å². The van der Waals surface area contributed by atoms with Gasteiger partial charge in [0, 0.05) is 24.4 Å². The summed E-state index contributed by atoms with van der Waals surface area (Å²) in [5.41, 5.74) is 5.73. The van der Waals surface area contributed by atoms with Gasteiger partial charge in [-0.15, -0.1) is 0 Å². The van der Waals surface area contributed by atoms with Crippen LogP contribution in [0, 0.1) is 6.92 Å². The summed E-state index contributed by atoms with van der Waals surface area (Å²) in [6, 6.07) is 6.95. The Morgan fingerprint density at radius 1 is 1.25 bits per heavy atom. The maximum atomic E-state index is 12.8. The average molecular weight is 470 g/mol. The Morgan fingerprint density at radius 2 is 1.91 bits per heavy atom. The normalized spacial score (nSPS) is 21.5. The number of ether oxygens (including phenoxy) is 1. The van der Waals surface area contributed by atoms with Gasteiger partial charge in [-0.2, -0.15) is 18.3 Å². The lowest BCUT2D eigenvalue weighted by molar-refractivity contribution is -0.290. The minimum atomic E-state index is -4.80. The van der Waals surface area contributed by atoms with Crippen molar-refractivity contribution in [2.45, 2.75) is 42.5 Å². The zero-order chi connectivity index (χ0) is 23.5. The Kier molecular flexibility index (Phi) is 5.14. The summed E-state index contributed by atoms with van der Waals surface area (Å²) in [5, 5.41) is 16.9. The van der Waals surface area contributed by atoms with E-state index in [4.69, 9.17) is 10.5 Å². The summed E-state index contributed by atoms with van der Waals surface area (Å²) in [6.07, 6.45) is -6.25. The van der Waals surface area contributed by atoms with Crippen LogP contribution in [0.1, 0.15) is 18.4 Å². The maximum Gasteiger partial charge on any atom is 0.417 e. The van der Waals surface area contributed by atoms with E-state index in [2.05, 4.69) is 14.9 Å². The lowest BCUT2D eigenvalue weighted by Crippen LogP contribution is -2.62. The summed E-state index contributed by atoms with van der Waals surface area (Å²) < 4.78 is 71.5. The number of aryl methyl sites for hydroxylation is 1. The highest BCUT2D eigenvalue weighted by atomic mass is 32.2. The number of aromatic amines is 1. The molecule has 12 heteroatoms. The Hall–Kier alpha value is -2.83. The molecule has 4 rings (SSSR count). The number of aliphatic hydroxyl groups is 1. The molecule has 2 aromatic carbocycles. The largest absolute Gasteiger partial charge is 0.495 e. The fourth-order valence-corrected chi connectivity index (χ4v) is 5.31. The molecule has 5 N–H and O–H groups in total. The third-order valence-electron chi connectivity index (χ3n) is 5.73. The summed E-state index contributed by atoms with van der Waals surface area (Å²) in [6.45, 7) is 1.71. The van der Waals surface area contributed by atoms with Crippen LogP contribution in [0.25, 0.3) is 22.0 Å². The molecule has 1 aromatic heterocycles. The second kappa shape index (κ2) is 7.36. The van der Waals surface area contributed by atoms with Crippen LogP contribution >= 0.6 is 0 Å². The van der Waals surface area contributed by atoms with Crippen molar-refractivity contribution in [3.05, 3.63) is 35.9 Å². The van der Waals surface area contributed by atoms with Gasteiger partial charge in [0.2, 0.25) is 10.0 Å². The van der Waals surface area contributed by atoms with Gasteiger partial charge >= 0.3 is 6.18 Å². The summed E-state index contributed by atoms with van der Waals surface area (Å²) in [5.74, 6) is 0.741. The van der Waals surface area contributed by atoms with Crippen LogP contribution < -0.4 is 15.2 Å². The highest BCUT2D eigenvalue weighted by Crippen LogP contribution is 2.45.